The van der Waals surface area contributed by atoms with Gasteiger partial charge in [0.2, 0.25) is 0 Å². The fourth-order valence-corrected chi connectivity index (χ4v) is 2.83. The number of rotatable bonds is 5. The normalized spacial score (nSPS) is 21.5. The van der Waals surface area contributed by atoms with Gasteiger partial charge < -0.3 is 16.4 Å². The van der Waals surface area contributed by atoms with Crippen LogP contribution in [0.1, 0.15) is 39.5 Å². The summed E-state index contributed by atoms with van der Waals surface area (Å²) < 4.78 is 0. The molecule has 2 aliphatic rings. The molecule has 1 saturated carbocycles. The maximum absolute atomic E-state index is 12.4. The van der Waals surface area contributed by atoms with E-state index in [1.165, 1.54) is 4.90 Å². The molecule has 3 amide bonds. The Balaban J connectivity index is 1.82. The van der Waals surface area contributed by atoms with Gasteiger partial charge in [-0.2, -0.15) is 0 Å². The van der Waals surface area contributed by atoms with E-state index < -0.39 is 5.54 Å². The van der Waals surface area contributed by atoms with Crippen molar-refractivity contribution in [2.24, 2.45) is 16.6 Å². The van der Waals surface area contributed by atoms with Crippen LogP contribution in [0.3, 0.4) is 0 Å². The van der Waals surface area contributed by atoms with Crippen molar-refractivity contribution < 1.29 is 9.59 Å². The number of nitrogens with zero attached hydrogens (tertiary/aromatic N) is 2. The smallest absolute Gasteiger partial charge is 0.325 e. The van der Waals surface area contributed by atoms with Gasteiger partial charge in [-0.05, 0) is 18.8 Å². The molecule has 1 heterocycles. The summed E-state index contributed by atoms with van der Waals surface area (Å²) in [7, 11) is 0. The number of amides is 3. The molecule has 2 fully saturated rings. The Hall–Kier alpha value is -1.79. The van der Waals surface area contributed by atoms with Gasteiger partial charge in [0.1, 0.15) is 5.54 Å². The highest BCUT2D eigenvalue weighted by Gasteiger charge is 2.52. The van der Waals surface area contributed by atoms with Crippen LogP contribution in [0.25, 0.3) is 0 Å². The predicted molar refractivity (Wildman–Crippen MR) is 80.8 cm³/mol. The van der Waals surface area contributed by atoms with Crippen LogP contribution < -0.4 is 16.4 Å². The summed E-state index contributed by atoms with van der Waals surface area (Å²) in [6.45, 7) is 5.51. The summed E-state index contributed by atoms with van der Waals surface area (Å²) in [6, 6.07) is -0.290. The van der Waals surface area contributed by atoms with E-state index in [4.69, 9.17) is 5.73 Å². The van der Waals surface area contributed by atoms with Crippen molar-refractivity contribution in [3.63, 3.8) is 0 Å². The highest BCUT2D eigenvalue weighted by Crippen LogP contribution is 2.34. The fraction of sp³-hybridized carbons (Fsp3) is 0.786. The van der Waals surface area contributed by atoms with Crippen molar-refractivity contribution in [1.82, 2.24) is 15.5 Å². The Morgan fingerprint density at radius 1 is 1.43 bits per heavy atom. The van der Waals surface area contributed by atoms with Gasteiger partial charge in [0.15, 0.2) is 5.96 Å². The van der Waals surface area contributed by atoms with Crippen molar-refractivity contribution in [2.45, 2.75) is 45.1 Å². The molecule has 1 saturated heterocycles. The van der Waals surface area contributed by atoms with Crippen molar-refractivity contribution in [3.05, 3.63) is 0 Å². The van der Waals surface area contributed by atoms with Crippen molar-refractivity contribution in [3.8, 4) is 0 Å². The molecule has 21 heavy (non-hydrogen) atoms. The number of imide groups is 1. The molecule has 118 valence electrons. The molecule has 1 aliphatic carbocycles. The van der Waals surface area contributed by atoms with E-state index in [-0.39, 0.29) is 11.9 Å². The largest absolute Gasteiger partial charge is 0.370 e. The maximum atomic E-state index is 12.4. The lowest BCUT2D eigenvalue weighted by Crippen LogP contribution is -2.45. The Labute approximate surface area is 125 Å². The Morgan fingerprint density at radius 3 is 2.71 bits per heavy atom. The van der Waals surface area contributed by atoms with Gasteiger partial charge in [-0.25, -0.2) is 4.79 Å². The molecule has 1 aliphatic heterocycles. The summed E-state index contributed by atoms with van der Waals surface area (Å²) >= 11 is 0. The number of nitrogens with one attached hydrogen (secondary N) is 2. The standard InChI is InChI=1S/C14H25N5O2/c1-10(2)9-17-12(15)16-7-8-19-11(20)14(18-13(19)21)5-3-4-6-14/h10H,3-9H2,1-2H3,(H,18,21)(H3,15,16,17). The Kier molecular flexibility index (Phi) is 4.69. The summed E-state index contributed by atoms with van der Waals surface area (Å²) in [5, 5.41) is 5.79. The summed E-state index contributed by atoms with van der Waals surface area (Å²) in [4.78, 5) is 29.8. The molecule has 0 radical (unpaired) electrons. The zero-order valence-corrected chi connectivity index (χ0v) is 12.8. The van der Waals surface area contributed by atoms with Crippen LogP contribution in [-0.2, 0) is 4.79 Å². The molecule has 2 rings (SSSR count). The number of hydrogen-bond acceptors (Lipinski definition) is 3. The molecule has 0 aromatic rings. The summed E-state index contributed by atoms with van der Waals surface area (Å²) in [5.74, 6) is 0.703. The first kappa shape index (κ1) is 15.6. The Morgan fingerprint density at radius 2 is 2.10 bits per heavy atom. The van der Waals surface area contributed by atoms with Crippen LogP contribution in [0.15, 0.2) is 4.99 Å². The second-order valence-electron chi connectivity index (χ2n) is 6.22. The van der Waals surface area contributed by atoms with Gasteiger partial charge in [0.25, 0.3) is 5.91 Å². The lowest BCUT2D eigenvalue weighted by atomic mass is 9.98. The van der Waals surface area contributed by atoms with Crippen LogP contribution in [-0.4, -0.2) is 48.0 Å². The Bertz CT molecular complexity index is 441. The van der Waals surface area contributed by atoms with E-state index in [1.54, 1.807) is 0 Å². The molecule has 1 spiro atoms. The van der Waals surface area contributed by atoms with E-state index in [1.807, 2.05) is 0 Å². The van der Waals surface area contributed by atoms with Crippen molar-refractivity contribution in [1.29, 1.82) is 0 Å². The van der Waals surface area contributed by atoms with Crippen molar-refractivity contribution >= 4 is 17.9 Å². The highest BCUT2D eigenvalue weighted by atomic mass is 16.2. The van der Waals surface area contributed by atoms with E-state index in [0.717, 1.165) is 25.7 Å². The van der Waals surface area contributed by atoms with Gasteiger partial charge in [0, 0.05) is 19.6 Å². The average Bonchev–Trinajstić information content (AvgIpc) is 2.97. The zero-order chi connectivity index (χ0) is 15.5. The van der Waals surface area contributed by atoms with Gasteiger partial charge in [-0.1, -0.05) is 26.7 Å². The van der Waals surface area contributed by atoms with Gasteiger partial charge >= 0.3 is 6.03 Å². The molecule has 0 aromatic carbocycles. The molecule has 0 unspecified atom stereocenters. The third-order valence-electron chi connectivity index (χ3n) is 3.97. The minimum Gasteiger partial charge on any atom is -0.370 e. The van der Waals surface area contributed by atoms with E-state index in [0.29, 0.717) is 31.5 Å². The van der Waals surface area contributed by atoms with Gasteiger partial charge in [-0.3, -0.25) is 14.7 Å². The third-order valence-corrected chi connectivity index (χ3v) is 3.97. The van der Waals surface area contributed by atoms with Crippen LogP contribution >= 0.6 is 0 Å². The highest BCUT2D eigenvalue weighted by molar-refractivity contribution is 6.07. The summed E-state index contributed by atoms with van der Waals surface area (Å²) in [5.41, 5.74) is 5.10. The predicted octanol–water partition coefficient (Wildman–Crippen LogP) is 0.411. The van der Waals surface area contributed by atoms with Crippen LogP contribution in [0, 0.1) is 5.92 Å². The SMILES string of the molecule is CC(C)CN=C(N)NCCN1C(=O)NC2(CCCC2)C1=O. The number of hydrogen-bond donors (Lipinski definition) is 3. The second-order valence-corrected chi connectivity index (χ2v) is 6.22. The maximum Gasteiger partial charge on any atom is 0.325 e. The number of urea groups is 1. The minimum absolute atomic E-state index is 0.0931. The van der Waals surface area contributed by atoms with Crippen LogP contribution in [0.2, 0.25) is 0 Å². The zero-order valence-electron chi connectivity index (χ0n) is 12.8. The minimum atomic E-state index is -0.631. The second kappa shape index (κ2) is 6.32. The molecule has 0 bridgehead atoms. The first-order valence-corrected chi connectivity index (χ1v) is 7.62. The van der Waals surface area contributed by atoms with Crippen LogP contribution in [0.4, 0.5) is 4.79 Å². The number of guanidine groups is 1. The van der Waals surface area contributed by atoms with Crippen molar-refractivity contribution in [2.75, 3.05) is 19.6 Å². The first-order chi connectivity index (χ1) is 9.94. The van der Waals surface area contributed by atoms with E-state index in [2.05, 4.69) is 29.5 Å². The number of carbonyl (C=O) groups is 2. The molecule has 7 heteroatoms. The molecular weight excluding hydrogens is 270 g/mol. The molecule has 4 N–H and O–H groups in total. The molecular formula is C14H25N5O2. The van der Waals surface area contributed by atoms with E-state index in [9.17, 15) is 9.59 Å². The third kappa shape index (κ3) is 3.46. The molecule has 0 atom stereocenters. The number of nitrogens with two attached hydrogens (primary N) is 1. The lowest BCUT2D eigenvalue weighted by molar-refractivity contribution is -0.131. The average molecular weight is 295 g/mol. The lowest BCUT2D eigenvalue weighted by Gasteiger charge is -2.20. The van der Waals surface area contributed by atoms with Crippen LogP contribution in [0.5, 0.6) is 0 Å². The first-order valence-electron chi connectivity index (χ1n) is 7.62. The monoisotopic (exact) mass is 295 g/mol. The van der Waals surface area contributed by atoms with E-state index >= 15 is 0 Å². The number of aliphatic imine (C=N–C) groups is 1. The summed E-state index contributed by atoms with van der Waals surface area (Å²) in [6.07, 6.45) is 3.48. The molecule has 7 nitrogen and oxygen atoms in total. The van der Waals surface area contributed by atoms with Gasteiger partial charge in [-0.15, -0.1) is 0 Å². The van der Waals surface area contributed by atoms with Gasteiger partial charge in [0.05, 0.1) is 0 Å². The number of carbonyl (C=O) groups excluding carboxylic acids is 2. The fourth-order valence-electron chi connectivity index (χ4n) is 2.83. The molecule has 0 aromatic heterocycles. The quantitative estimate of drug-likeness (QED) is 0.388. The topological polar surface area (TPSA) is 99.8 Å².